The molecule has 0 aliphatic carbocycles. The number of rotatable bonds is 5. The summed E-state index contributed by atoms with van der Waals surface area (Å²) < 4.78 is 5.90. The highest BCUT2D eigenvalue weighted by Crippen LogP contribution is 2.25. The molecular weight excluding hydrogens is 264 g/mol. The van der Waals surface area contributed by atoms with Crippen LogP contribution in [0, 0.1) is 12.8 Å². The Bertz CT molecular complexity index is 472. The summed E-state index contributed by atoms with van der Waals surface area (Å²) in [6, 6.07) is 3.84. The number of aromatic nitrogens is 1. The van der Waals surface area contributed by atoms with Crippen LogP contribution in [0.5, 0.6) is 0 Å². The highest BCUT2D eigenvalue weighted by Gasteiger charge is 2.28. The van der Waals surface area contributed by atoms with Crippen molar-refractivity contribution < 1.29 is 9.53 Å². The van der Waals surface area contributed by atoms with Crippen molar-refractivity contribution in [2.75, 3.05) is 6.61 Å². The minimum Gasteiger partial charge on any atom is -0.378 e. The molecule has 0 unspecified atom stereocenters. The van der Waals surface area contributed by atoms with Crippen molar-refractivity contribution in [3.63, 3.8) is 0 Å². The zero-order valence-electron chi connectivity index (χ0n) is 13.3. The molecule has 1 N–H and O–H groups in total. The summed E-state index contributed by atoms with van der Waals surface area (Å²) in [4.78, 5) is 16.5. The first kappa shape index (κ1) is 16.0. The lowest BCUT2D eigenvalue weighted by Crippen LogP contribution is -2.44. The summed E-state index contributed by atoms with van der Waals surface area (Å²) in [7, 11) is 0. The molecule has 116 valence electrons. The van der Waals surface area contributed by atoms with E-state index in [1.54, 1.807) is 12.3 Å². The van der Waals surface area contributed by atoms with Crippen molar-refractivity contribution in [3.05, 3.63) is 29.6 Å². The minimum absolute atomic E-state index is 0.0178. The Labute approximate surface area is 127 Å². The van der Waals surface area contributed by atoms with Gasteiger partial charge in [0.2, 0.25) is 0 Å². The maximum atomic E-state index is 12.4. The van der Waals surface area contributed by atoms with Gasteiger partial charge in [0.25, 0.3) is 5.91 Å². The number of nitrogens with zero attached hydrogens (tertiary/aromatic N) is 1. The third-order valence-electron chi connectivity index (χ3n) is 4.48. The third-order valence-corrected chi connectivity index (χ3v) is 4.48. The molecule has 4 nitrogen and oxygen atoms in total. The number of carbonyl (C=O) groups is 1. The van der Waals surface area contributed by atoms with Gasteiger partial charge in [-0.05, 0) is 37.8 Å². The predicted molar refractivity (Wildman–Crippen MR) is 83.3 cm³/mol. The highest BCUT2D eigenvalue weighted by molar-refractivity contribution is 5.95. The first-order chi connectivity index (χ1) is 10.2. The van der Waals surface area contributed by atoms with Crippen LogP contribution >= 0.6 is 0 Å². The highest BCUT2D eigenvalue weighted by atomic mass is 16.5. The van der Waals surface area contributed by atoms with Gasteiger partial charge in [0, 0.05) is 24.5 Å². The molecule has 1 aromatic heterocycles. The molecule has 1 aliphatic rings. The van der Waals surface area contributed by atoms with Crippen molar-refractivity contribution in [2.24, 2.45) is 5.92 Å². The predicted octanol–water partition coefficient (Wildman–Crippen LogP) is 3.10. The SMILES string of the molecule is CCC(CC)[C@@H]1C[C@H](NC(=O)c2cccnc2C)CCO1. The Kier molecular flexibility index (Phi) is 5.74. The first-order valence-electron chi connectivity index (χ1n) is 7.99. The second kappa shape index (κ2) is 7.55. The number of nitrogens with one attached hydrogen (secondary N) is 1. The van der Waals surface area contributed by atoms with E-state index in [9.17, 15) is 4.79 Å². The van der Waals surface area contributed by atoms with Crippen molar-refractivity contribution in [2.45, 2.75) is 58.6 Å². The van der Waals surface area contributed by atoms with Gasteiger partial charge in [-0.2, -0.15) is 0 Å². The molecule has 2 heterocycles. The van der Waals surface area contributed by atoms with E-state index >= 15 is 0 Å². The van der Waals surface area contributed by atoms with Gasteiger partial charge in [0.05, 0.1) is 11.7 Å². The molecule has 0 radical (unpaired) electrons. The zero-order chi connectivity index (χ0) is 15.2. The second-order valence-corrected chi connectivity index (χ2v) is 5.82. The summed E-state index contributed by atoms with van der Waals surface area (Å²) in [5.74, 6) is 0.570. The van der Waals surface area contributed by atoms with E-state index in [4.69, 9.17) is 4.74 Å². The second-order valence-electron chi connectivity index (χ2n) is 5.82. The van der Waals surface area contributed by atoms with Gasteiger partial charge >= 0.3 is 0 Å². The Balaban J connectivity index is 1.96. The van der Waals surface area contributed by atoms with Crippen LogP contribution in [0.15, 0.2) is 18.3 Å². The molecule has 2 rings (SSSR count). The molecule has 1 amide bonds. The lowest BCUT2D eigenvalue weighted by atomic mass is 9.89. The smallest absolute Gasteiger partial charge is 0.253 e. The van der Waals surface area contributed by atoms with Crippen LogP contribution in [0.25, 0.3) is 0 Å². The molecule has 4 heteroatoms. The van der Waals surface area contributed by atoms with Gasteiger partial charge in [-0.1, -0.05) is 26.7 Å². The van der Waals surface area contributed by atoms with Gasteiger partial charge in [-0.3, -0.25) is 9.78 Å². The average molecular weight is 290 g/mol. The summed E-state index contributed by atoms with van der Waals surface area (Å²) in [5, 5.41) is 3.15. The molecule has 1 aliphatic heterocycles. The lowest BCUT2D eigenvalue weighted by molar-refractivity contribution is -0.0337. The van der Waals surface area contributed by atoms with E-state index in [2.05, 4.69) is 24.1 Å². The van der Waals surface area contributed by atoms with Gasteiger partial charge in [-0.15, -0.1) is 0 Å². The molecule has 1 aromatic rings. The van der Waals surface area contributed by atoms with Crippen molar-refractivity contribution in [3.8, 4) is 0 Å². The molecular formula is C17H26N2O2. The van der Waals surface area contributed by atoms with Crippen LogP contribution < -0.4 is 5.32 Å². The Morgan fingerprint density at radius 3 is 2.90 bits per heavy atom. The molecule has 1 fully saturated rings. The van der Waals surface area contributed by atoms with Crippen LogP contribution in [0.1, 0.15) is 55.6 Å². The fourth-order valence-electron chi connectivity index (χ4n) is 3.09. The molecule has 0 spiro atoms. The quantitative estimate of drug-likeness (QED) is 0.906. The standard InChI is InChI=1S/C17H26N2O2/c1-4-13(5-2)16-11-14(8-10-21-16)19-17(20)15-7-6-9-18-12(15)3/h6-7,9,13-14,16H,4-5,8,10-11H2,1-3H3,(H,19,20)/t14-,16+/m1/s1. The maximum Gasteiger partial charge on any atom is 0.253 e. The van der Waals surface area contributed by atoms with E-state index < -0.39 is 0 Å². The van der Waals surface area contributed by atoms with Gasteiger partial charge in [-0.25, -0.2) is 0 Å². The first-order valence-corrected chi connectivity index (χ1v) is 7.99. The molecule has 1 saturated heterocycles. The normalized spacial score (nSPS) is 22.3. The zero-order valence-corrected chi connectivity index (χ0v) is 13.3. The van der Waals surface area contributed by atoms with Crippen LogP contribution in [0.2, 0.25) is 0 Å². The van der Waals surface area contributed by atoms with E-state index in [1.165, 1.54) is 0 Å². The van der Waals surface area contributed by atoms with Crippen molar-refractivity contribution in [1.29, 1.82) is 0 Å². The largest absolute Gasteiger partial charge is 0.378 e. The topological polar surface area (TPSA) is 51.2 Å². The Morgan fingerprint density at radius 1 is 1.48 bits per heavy atom. The van der Waals surface area contributed by atoms with Crippen LogP contribution in [-0.2, 0) is 4.74 Å². The van der Waals surface area contributed by atoms with E-state index in [0.717, 1.165) is 38.0 Å². The van der Waals surface area contributed by atoms with Crippen LogP contribution in [-0.4, -0.2) is 29.6 Å². The van der Waals surface area contributed by atoms with E-state index in [0.29, 0.717) is 11.5 Å². The molecule has 21 heavy (non-hydrogen) atoms. The number of hydrogen-bond acceptors (Lipinski definition) is 3. The van der Waals surface area contributed by atoms with Gasteiger partial charge in [0.1, 0.15) is 0 Å². The lowest BCUT2D eigenvalue weighted by Gasteiger charge is -2.34. The Hall–Kier alpha value is -1.42. The van der Waals surface area contributed by atoms with Gasteiger partial charge in [0.15, 0.2) is 0 Å². The monoisotopic (exact) mass is 290 g/mol. The van der Waals surface area contributed by atoms with E-state index in [1.807, 2.05) is 13.0 Å². The van der Waals surface area contributed by atoms with Crippen LogP contribution in [0.4, 0.5) is 0 Å². The van der Waals surface area contributed by atoms with E-state index in [-0.39, 0.29) is 18.1 Å². The molecule has 0 saturated carbocycles. The van der Waals surface area contributed by atoms with Gasteiger partial charge < -0.3 is 10.1 Å². The fourth-order valence-corrected chi connectivity index (χ4v) is 3.09. The summed E-state index contributed by atoms with van der Waals surface area (Å²) in [6.45, 7) is 7.02. The number of ether oxygens (including phenoxy) is 1. The summed E-state index contributed by atoms with van der Waals surface area (Å²) in [5.41, 5.74) is 1.45. The number of hydrogen-bond donors (Lipinski definition) is 1. The number of carbonyl (C=O) groups excluding carboxylic acids is 1. The number of amides is 1. The maximum absolute atomic E-state index is 12.4. The molecule has 0 bridgehead atoms. The van der Waals surface area contributed by atoms with Crippen LogP contribution in [0.3, 0.4) is 0 Å². The molecule has 2 atom stereocenters. The number of pyridine rings is 1. The summed E-state index contributed by atoms with van der Waals surface area (Å²) >= 11 is 0. The number of aryl methyl sites for hydroxylation is 1. The average Bonchev–Trinajstić information content (AvgIpc) is 2.49. The van der Waals surface area contributed by atoms with Crippen molar-refractivity contribution in [1.82, 2.24) is 10.3 Å². The van der Waals surface area contributed by atoms with Crippen molar-refractivity contribution >= 4 is 5.91 Å². The minimum atomic E-state index is -0.0178. The fraction of sp³-hybridized carbons (Fsp3) is 0.647. The summed E-state index contributed by atoms with van der Waals surface area (Å²) in [6.07, 6.45) is 6.05. The third kappa shape index (κ3) is 4.03. The Morgan fingerprint density at radius 2 is 2.24 bits per heavy atom. The molecule has 0 aromatic carbocycles.